The van der Waals surface area contributed by atoms with Gasteiger partial charge in [-0.2, -0.15) is 0 Å². The van der Waals surface area contributed by atoms with Crippen LogP contribution in [0.4, 0.5) is 0 Å². The number of carbonyl (C=O) groups is 1. The van der Waals surface area contributed by atoms with E-state index >= 15 is 0 Å². The van der Waals surface area contributed by atoms with Gasteiger partial charge in [-0.25, -0.2) is 0 Å². The van der Waals surface area contributed by atoms with Gasteiger partial charge in [0.15, 0.2) is 0 Å². The summed E-state index contributed by atoms with van der Waals surface area (Å²) < 4.78 is 0. The molecule has 0 spiro atoms. The SMILES string of the molecule is CCCC(Cl)CNC(=O)c1cc(O)cc(O)c1. The Kier molecular flexibility index (Phi) is 5.10. The van der Waals surface area contributed by atoms with Gasteiger partial charge in [0.1, 0.15) is 11.5 Å². The molecule has 0 fully saturated rings. The Labute approximate surface area is 105 Å². The van der Waals surface area contributed by atoms with Crippen molar-refractivity contribution in [2.75, 3.05) is 6.54 Å². The van der Waals surface area contributed by atoms with Gasteiger partial charge < -0.3 is 15.5 Å². The quantitative estimate of drug-likeness (QED) is 0.709. The number of phenols is 2. The summed E-state index contributed by atoms with van der Waals surface area (Å²) in [5.41, 5.74) is 0.211. The Morgan fingerprint density at radius 2 is 1.94 bits per heavy atom. The lowest BCUT2D eigenvalue weighted by Crippen LogP contribution is -2.29. The van der Waals surface area contributed by atoms with E-state index in [1.165, 1.54) is 12.1 Å². The predicted molar refractivity (Wildman–Crippen MR) is 66.7 cm³/mol. The Balaban J connectivity index is 2.58. The van der Waals surface area contributed by atoms with E-state index in [9.17, 15) is 15.0 Å². The highest BCUT2D eigenvalue weighted by atomic mass is 35.5. The number of nitrogens with one attached hydrogen (secondary N) is 1. The number of benzene rings is 1. The maximum atomic E-state index is 11.7. The molecule has 1 aromatic rings. The summed E-state index contributed by atoms with van der Waals surface area (Å²) in [7, 11) is 0. The van der Waals surface area contributed by atoms with E-state index in [4.69, 9.17) is 11.6 Å². The monoisotopic (exact) mass is 257 g/mol. The van der Waals surface area contributed by atoms with E-state index in [1.54, 1.807) is 0 Å². The summed E-state index contributed by atoms with van der Waals surface area (Å²) in [5, 5.41) is 21.0. The highest BCUT2D eigenvalue weighted by Gasteiger charge is 2.10. The minimum absolute atomic E-state index is 0.102. The predicted octanol–water partition coefficient (Wildman–Crippen LogP) is 2.24. The van der Waals surface area contributed by atoms with E-state index in [2.05, 4.69) is 5.32 Å². The Morgan fingerprint density at radius 3 is 2.47 bits per heavy atom. The zero-order valence-electron chi connectivity index (χ0n) is 9.61. The van der Waals surface area contributed by atoms with Gasteiger partial charge >= 0.3 is 0 Å². The van der Waals surface area contributed by atoms with Crippen molar-refractivity contribution in [1.82, 2.24) is 5.32 Å². The standard InChI is InChI=1S/C12H16ClNO3/c1-2-3-9(13)7-14-12(17)8-4-10(15)6-11(16)5-8/h4-6,9,15-16H,2-3,7H2,1H3,(H,14,17). The normalized spacial score (nSPS) is 12.1. The molecule has 0 saturated heterocycles. The van der Waals surface area contributed by atoms with Gasteiger partial charge in [0.2, 0.25) is 0 Å². The summed E-state index contributed by atoms with van der Waals surface area (Å²) in [6.07, 6.45) is 1.78. The van der Waals surface area contributed by atoms with Crippen LogP contribution in [0.25, 0.3) is 0 Å². The molecule has 0 radical (unpaired) electrons. The first-order valence-electron chi connectivity index (χ1n) is 5.48. The van der Waals surface area contributed by atoms with Crippen molar-refractivity contribution >= 4 is 17.5 Å². The maximum Gasteiger partial charge on any atom is 0.251 e. The van der Waals surface area contributed by atoms with E-state index in [0.717, 1.165) is 18.9 Å². The second kappa shape index (κ2) is 6.35. The molecular weight excluding hydrogens is 242 g/mol. The van der Waals surface area contributed by atoms with Crippen molar-refractivity contribution in [2.24, 2.45) is 0 Å². The molecule has 0 aromatic heterocycles. The third kappa shape index (κ3) is 4.53. The number of hydrogen-bond acceptors (Lipinski definition) is 3. The number of halogens is 1. The maximum absolute atomic E-state index is 11.7. The Bertz CT molecular complexity index is 375. The van der Waals surface area contributed by atoms with E-state index in [-0.39, 0.29) is 28.3 Å². The summed E-state index contributed by atoms with van der Waals surface area (Å²) in [6, 6.07) is 3.74. The summed E-state index contributed by atoms with van der Waals surface area (Å²) in [4.78, 5) is 11.7. The van der Waals surface area contributed by atoms with Gasteiger partial charge in [-0.3, -0.25) is 4.79 Å². The smallest absolute Gasteiger partial charge is 0.251 e. The fourth-order valence-electron chi connectivity index (χ4n) is 1.45. The van der Waals surface area contributed by atoms with Gasteiger partial charge in [-0.1, -0.05) is 13.3 Å². The topological polar surface area (TPSA) is 69.6 Å². The average molecular weight is 258 g/mol. The van der Waals surface area contributed by atoms with Crippen LogP contribution in [-0.2, 0) is 0 Å². The Morgan fingerprint density at radius 1 is 1.35 bits per heavy atom. The van der Waals surface area contributed by atoms with Gasteiger partial charge in [-0.15, -0.1) is 11.6 Å². The van der Waals surface area contributed by atoms with Gasteiger partial charge in [0.25, 0.3) is 5.91 Å². The molecule has 94 valence electrons. The van der Waals surface area contributed by atoms with Gasteiger partial charge in [0.05, 0.1) is 5.38 Å². The summed E-state index contributed by atoms with van der Waals surface area (Å²) in [5.74, 6) is -0.657. The van der Waals surface area contributed by atoms with Crippen LogP contribution in [0.2, 0.25) is 0 Å². The molecule has 0 aliphatic rings. The van der Waals surface area contributed by atoms with Crippen LogP contribution in [0, 0.1) is 0 Å². The zero-order chi connectivity index (χ0) is 12.8. The van der Waals surface area contributed by atoms with Gasteiger partial charge in [-0.05, 0) is 18.6 Å². The van der Waals surface area contributed by atoms with Crippen LogP contribution in [0.1, 0.15) is 30.1 Å². The fourth-order valence-corrected chi connectivity index (χ4v) is 1.74. The second-order valence-corrected chi connectivity index (χ2v) is 4.45. The summed E-state index contributed by atoms with van der Waals surface area (Å²) in [6.45, 7) is 2.38. The molecule has 1 atom stereocenters. The molecule has 5 heteroatoms. The van der Waals surface area contributed by atoms with Crippen LogP contribution in [0.15, 0.2) is 18.2 Å². The molecule has 0 heterocycles. The van der Waals surface area contributed by atoms with Crippen molar-refractivity contribution in [2.45, 2.75) is 25.1 Å². The van der Waals surface area contributed by atoms with E-state index < -0.39 is 0 Å². The second-order valence-electron chi connectivity index (χ2n) is 3.83. The third-order valence-corrected chi connectivity index (χ3v) is 2.62. The molecule has 0 aliphatic carbocycles. The average Bonchev–Trinajstić information content (AvgIpc) is 2.25. The van der Waals surface area contributed by atoms with Crippen LogP contribution in [0.5, 0.6) is 11.5 Å². The highest BCUT2D eigenvalue weighted by Crippen LogP contribution is 2.20. The molecule has 0 bridgehead atoms. The number of rotatable bonds is 5. The largest absolute Gasteiger partial charge is 0.508 e. The minimum atomic E-state index is -0.363. The molecule has 1 amide bonds. The van der Waals surface area contributed by atoms with Crippen molar-refractivity contribution in [1.29, 1.82) is 0 Å². The van der Waals surface area contributed by atoms with Crippen LogP contribution >= 0.6 is 11.6 Å². The molecular formula is C12H16ClNO3. The van der Waals surface area contributed by atoms with E-state index in [0.29, 0.717) is 6.54 Å². The van der Waals surface area contributed by atoms with E-state index in [1.807, 2.05) is 6.92 Å². The lowest BCUT2D eigenvalue weighted by Gasteiger charge is -2.10. The lowest BCUT2D eigenvalue weighted by molar-refractivity contribution is 0.0952. The van der Waals surface area contributed by atoms with Crippen LogP contribution in [0.3, 0.4) is 0 Å². The molecule has 17 heavy (non-hydrogen) atoms. The molecule has 3 N–H and O–H groups in total. The molecule has 1 unspecified atom stereocenters. The number of aromatic hydroxyl groups is 2. The first kappa shape index (κ1) is 13.6. The molecule has 0 saturated carbocycles. The van der Waals surface area contributed by atoms with Crippen molar-refractivity contribution in [3.63, 3.8) is 0 Å². The molecule has 0 aliphatic heterocycles. The molecule has 1 aromatic carbocycles. The van der Waals surface area contributed by atoms with Crippen LogP contribution in [-0.4, -0.2) is 28.0 Å². The fraction of sp³-hybridized carbons (Fsp3) is 0.417. The zero-order valence-corrected chi connectivity index (χ0v) is 10.4. The number of amides is 1. The third-order valence-electron chi connectivity index (χ3n) is 2.25. The first-order chi connectivity index (χ1) is 8.02. The highest BCUT2D eigenvalue weighted by molar-refractivity contribution is 6.20. The molecule has 1 rings (SSSR count). The van der Waals surface area contributed by atoms with Crippen molar-refractivity contribution < 1.29 is 15.0 Å². The summed E-state index contributed by atoms with van der Waals surface area (Å²) >= 11 is 5.96. The van der Waals surface area contributed by atoms with Gasteiger partial charge in [0, 0.05) is 18.2 Å². The number of carbonyl (C=O) groups excluding carboxylic acids is 1. The number of alkyl halides is 1. The number of phenolic OH excluding ortho intramolecular Hbond substituents is 2. The first-order valence-corrected chi connectivity index (χ1v) is 5.92. The van der Waals surface area contributed by atoms with Crippen molar-refractivity contribution in [3.05, 3.63) is 23.8 Å². The lowest BCUT2D eigenvalue weighted by atomic mass is 10.2. The Hall–Kier alpha value is -1.42. The van der Waals surface area contributed by atoms with Crippen LogP contribution < -0.4 is 5.32 Å². The molecule has 4 nitrogen and oxygen atoms in total. The number of hydrogen-bond donors (Lipinski definition) is 3. The minimum Gasteiger partial charge on any atom is -0.508 e. The van der Waals surface area contributed by atoms with Crippen molar-refractivity contribution in [3.8, 4) is 11.5 Å².